The fourth-order valence-corrected chi connectivity index (χ4v) is 0.931. The molecule has 0 saturated heterocycles. The number of rotatable bonds is 3. The molecule has 0 spiro atoms. The molecule has 1 N–H and O–H groups in total. The van der Waals surface area contributed by atoms with Crippen LogP contribution in [-0.4, -0.2) is 16.0 Å². The topological polar surface area (TPSA) is 37.8 Å². The first-order valence-electron chi connectivity index (χ1n) is 4.37. The van der Waals surface area contributed by atoms with Crippen LogP contribution in [0.5, 0.6) is 0 Å². The molecule has 0 bridgehead atoms. The lowest BCUT2D eigenvalue weighted by atomic mass is 10.2. The zero-order valence-corrected chi connectivity index (χ0v) is 8.38. The molecule has 0 aromatic carbocycles. The van der Waals surface area contributed by atoms with Gasteiger partial charge in [0.15, 0.2) is 0 Å². The smallest absolute Gasteiger partial charge is 0.287 e. The molecule has 5 heteroatoms. The Morgan fingerprint density at radius 2 is 2.07 bits per heavy atom. The first-order valence-corrected chi connectivity index (χ1v) is 4.37. The van der Waals surface area contributed by atoms with Crippen LogP contribution in [0.2, 0.25) is 0 Å². The Bertz CT molecular complexity index is 307. The number of nitrogens with zero attached hydrogens (tertiary/aromatic N) is 2. The van der Waals surface area contributed by atoms with E-state index in [-0.39, 0.29) is 17.7 Å². The summed E-state index contributed by atoms with van der Waals surface area (Å²) in [5.41, 5.74) is -0.268. The Morgan fingerprint density at radius 3 is 2.57 bits per heavy atom. The third kappa shape index (κ3) is 2.90. The van der Waals surface area contributed by atoms with Gasteiger partial charge in [-0.05, 0) is 19.9 Å². The average molecular weight is 201 g/mol. The highest BCUT2D eigenvalue weighted by molar-refractivity contribution is 5.27. The predicted molar refractivity (Wildman–Crippen MR) is 50.4 cm³/mol. The van der Waals surface area contributed by atoms with E-state index in [4.69, 9.17) is 0 Å². The normalized spacial score (nSPS) is 11.9. The number of aromatic nitrogens is 2. The molecule has 1 aromatic heterocycles. The minimum Gasteiger partial charge on any atom is -0.352 e. The first kappa shape index (κ1) is 10.8. The van der Waals surface area contributed by atoms with Gasteiger partial charge in [-0.2, -0.15) is 8.78 Å². The molecule has 3 nitrogen and oxygen atoms in total. The molecule has 0 aliphatic heterocycles. The van der Waals surface area contributed by atoms with Crippen molar-refractivity contribution in [1.82, 2.24) is 9.97 Å². The summed E-state index contributed by atoms with van der Waals surface area (Å²) in [7, 11) is 0. The maximum absolute atomic E-state index is 12.9. The lowest BCUT2D eigenvalue weighted by molar-refractivity contribution is 0.0127. The third-order valence-corrected chi connectivity index (χ3v) is 1.52. The molecule has 78 valence electrons. The van der Waals surface area contributed by atoms with Crippen LogP contribution >= 0.6 is 0 Å². The van der Waals surface area contributed by atoms with Crippen LogP contribution in [0.4, 0.5) is 14.7 Å². The van der Waals surface area contributed by atoms with Crippen LogP contribution in [-0.2, 0) is 5.92 Å². The van der Waals surface area contributed by atoms with Gasteiger partial charge in [0.1, 0.15) is 5.69 Å². The Hall–Kier alpha value is -1.26. The quantitative estimate of drug-likeness (QED) is 0.816. The second-order valence-electron chi connectivity index (χ2n) is 3.45. The fourth-order valence-electron chi connectivity index (χ4n) is 0.931. The van der Waals surface area contributed by atoms with Gasteiger partial charge in [0.25, 0.3) is 5.92 Å². The highest BCUT2D eigenvalue weighted by Crippen LogP contribution is 2.24. The van der Waals surface area contributed by atoms with E-state index in [1.807, 2.05) is 13.8 Å². The van der Waals surface area contributed by atoms with E-state index in [0.717, 1.165) is 6.92 Å². The molecule has 1 aromatic rings. The minimum atomic E-state index is -2.92. The monoisotopic (exact) mass is 201 g/mol. The Balaban J connectivity index is 2.90. The number of hydrogen-bond donors (Lipinski definition) is 1. The van der Waals surface area contributed by atoms with E-state index in [1.165, 1.54) is 12.3 Å². The SMILES string of the molecule is CC(C)Nc1nccc(C(C)(F)F)n1. The van der Waals surface area contributed by atoms with Crippen molar-refractivity contribution in [2.75, 3.05) is 5.32 Å². The van der Waals surface area contributed by atoms with E-state index in [1.54, 1.807) is 0 Å². The van der Waals surface area contributed by atoms with E-state index in [9.17, 15) is 8.78 Å². The Labute approximate surface area is 81.6 Å². The molecule has 0 unspecified atom stereocenters. The second-order valence-corrected chi connectivity index (χ2v) is 3.45. The van der Waals surface area contributed by atoms with Crippen LogP contribution in [0.25, 0.3) is 0 Å². The van der Waals surface area contributed by atoms with Gasteiger partial charge in [-0.15, -0.1) is 0 Å². The fraction of sp³-hybridized carbons (Fsp3) is 0.556. The van der Waals surface area contributed by atoms with Gasteiger partial charge in [0, 0.05) is 19.2 Å². The zero-order valence-electron chi connectivity index (χ0n) is 8.38. The lowest BCUT2D eigenvalue weighted by Crippen LogP contribution is -2.16. The molecule has 0 aliphatic carbocycles. The average Bonchev–Trinajstić information content (AvgIpc) is 2.01. The number of anilines is 1. The highest BCUT2D eigenvalue weighted by Gasteiger charge is 2.26. The summed E-state index contributed by atoms with van der Waals surface area (Å²) in [4.78, 5) is 7.55. The molecule has 0 radical (unpaired) electrons. The molecule has 0 amide bonds. The third-order valence-electron chi connectivity index (χ3n) is 1.52. The zero-order chi connectivity index (χ0) is 10.8. The number of nitrogens with one attached hydrogen (secondary N) is 1. The molecular formula is C9H13F2N3. The molecular weight excluding hydrogens is 188 g/mol. The standard InChI is InChI=1S/C9H13F2N3/c1-6(2)13-8-12-5-4-7(14-8)9(3,10)11/h4-6H,1-3H3,(H,12,13,14). The van der Waals surface area contributed by atoms with Crippen molar-refractivity contribution in [3.63, 3.8) is 0 Å². The summed E-state index contributed by atoms with van der Waals surface area (Å²) in [5, 5.41) is 2.86. The van der Waals surface area contributed by atoms with Crippen LogP contribution in [0, 0.1) is 0 Å². The van der Waals surface area contributed by atoms with Gasteiger partial charge in [-0.3, -0.25) is 0 Å². The van der Waals surface area contributed by atoms with E-state index in [0.29, 0.717) is 0 Å². The van der Waals surface area contributed by atoms with Crippen molar-refractivity contribution in [3.8, 4) is 0 Å². The van der Waals surface area contributed by atoms with Gasteiger partial charge in [0.05, 0.1) is 0 Å². The van der Waals surface area contributed by atoms with Crippen molar-refractivity contribution in [2.45, 2.75) is 32.7 Å². The summed E-state index contributed by atoms with van der Waals surface area (Å²) in [6, 6.07) is 1.33. The molecule has 0 aliphatic rings. The van der Waals surface area contributed by atoms with Crippen molar-refractivity contribution in [2.24, 2.45) is 0 Å². The molecule has 0 atom stereocenters. The van der Waals surface area contributed by atoms with Crippen molar-refractivity contribution < 1.29 is 8.78 Å². The Kier molecular flexibility index (Phi) is 2.98. The lowest BCUT2D eigenvalue weighted by Gasteiger charge is -2.12. The Morgan fingerprint density at radius 1 is 1.43 bits per heavy atom. The predicted octanol–water partition coefficient (Wildman–Crippen LogP) is 2.41. The summed E-state index contributed by atoms with van der Waals surface area (Å²) < 4.78 is 25.7. The van der Waals surface area contributed by atoms with Crippen molar-refractivity contribution in [1.29, 1.82) is 0 Å². The van der Waals surface area contributed by atoms with E-state index >= 15 is 0 Å². The molecule has 0 fully saturated rings. The molecule has 14 heavy (non-hydrogen) atoms. The van der Waals surface area contributed by atoms with Crippen molar-refractivity contribution in [3.05, 3.63) is 18.0 Å². The van der Waals surface area contributed by atoms with E-state index in [2.05, 4.69) is 15.3 Å². The van der Waals surface area contributed by atoms with Crippen molar-refractivity contribution >= 4 is 5.95 Å². The minimum absolute atomic E-state index is 0.121. The molecule has 1 heterocycles. The summed E-state index contributed by atoms with van der Waals surface area (Å²) >= 11 is 0. The number of alkyl halides is 2. The largest absolute Gasteiger partial charge is 0.352 e. The van der Waals surface area contributed by atoms with Gasteiger partial charge in [-0.1, -0.05) is 0 Å². The first-order chi connectivity index (χ1) is 6.39. The van der Waals surface area contributed by atoms with Crippen LogP contribution in [0.15, 0.2) is 12.3 Å². The number of hydrogen-bond acceptors (Lipinski definition) is 3. The highest BCUT2D eigenvalue weighted by atomic mass is 19.3. The van der Waals surface area contributed by atoms with Gasteiger partial charge in [0.2, 0.25) is 5.95 Å². The summed E-state index contributed by atoms with van der Waals surface area (Å²) in [6.07, 6.45) is 1.32. The van der Waals surface area contributed by atoms with Crippen LogP contribution < -0.4 is 5.32 Å². The number of halogens is 2. The van der Waals surface area contributed by atoms with Gasteiger partial charge in [-0.25, -0.2) is 9.97 Å². The van der Waals surface area contributed by atoms with Crippen LogP contribution in [0.3, 0.4) is 0 Å². The second kappa shape index (κ2) is 3.86. The molecule has 0 saturated carbocycles. The summed E-state index contributed by atoms with van der Waals surface area (Å²) in [5.74, 6) is -2.69. The van der Waals surface area contributed by atoms with E-state index < -0.39 is 5.92 Å². The molecule has 1 rings (SSSR count). The van der Waals surface area contributed by atoms with Gasteiger partial charge < -0.3 is 5.32 Å². The van der Waals surface area contributed by atoms with Crippen LogP contribution in [0.1, 0.15) is 26.5 Å². The maximum Gasteiger partial charge on any atom is 0.287 e. The van der Waals surface area contributed by atoms with Gasteiger partial charge >= 0.3 is 0 Å². The summed E-state index contributed by atoms with van der Waals surface area (Å²) in [6.45, 7) is 4.59. The maximum atomic E-state index is 12.9.